The Morgan fingerprint density at radius 3 is 2.46 bits per heavy atom. The maximum absolute atomic E-state index is 13.1. The average molecular weight is 363 g/mol. The number of fused-ring (bicyclic) bond motifs is 2. The van der Waals surface area contributed by atoms with Gasteiger partial charge in [-0.05, 0) is 5.56 Å². The first-order valence-electron chi connectivity index (χ1n) is 8.00. The van der Waals surface area contributed by atoms with Gasteiger partial charge in [0.05, 0.1) is 0 Å². The van der Waals surface area contributed by atoms with Crippen LogP contribution >= 0.6 is 11.8 Å². The summed E-state index contributed by atoms with van der Waals surface area (Å²) in [6, 6.07) is 18.9. The minimum absolute atomic E-state index is 0.167. The molecule has 0 bridgehead atoms. The van der Waals surface area contributed by atoms with Crippen molar-refractivity contribution in [2.24, 2.45) is 0 Å². The van der Waals surface area contributed by atoms with Crippen LogP contribution in [0.1, 0.15) is 10.9 Å². The monoisotopic (exact) mass is 363 g/mol. The first-order chi connectivity index (χ1) is 12.7. The molecule has 0 radical (unpaired) electrons. The third-order valence-corrected chi connectivity index (χ3v) is 5.50. The van der Waals surface area contributed by atoms with Crippen molar-refractivity contribution in [3.8, 4) is 11.4 Å². The van der Waals surface area contributed by atoms with Crippen molar-refractivity contribution in [1.29, 1.82) is 0 Å². The molecule has 0 spiro atoms. The molecule has 26 heavy (non-hydrogen) atoms. The Morgan fingerprint density at radius 1 is 1.04 bits per heavy atom. The van der Waals surface area contributed by atoms with Gasteiger partial charge in [-0.2, -0.15) is 5.10 Å². The predicted molar refractivity (Wildman–Crippen MR) is 98.3 cm³/mol. The number of H-pyrrole nitrogens is 1. The van der Waals surface area contributed by atoms with Crippen molar-refractivity contribution < 1.29 is 5.21 Å². The molecule has 0 amide bonds. The standard InChI is InChI=1S/C18H13N5O2S/c24-16-13-15(26-17(23(13)25)12-9-5-2-6-10-12)19-18-21-20-14(22(16)18)11-7-3-1-4-8-11/h1-10,17,25H,(H,19,21). The highest BCUT2D eigenvalue weighted by Crippen LogP contribution is 2.47. The minimum Gasteiger partial charge on any atom is -0.287 e. The number of thioether (sulfide) groups is 1. The molecule has 1 aliphatic heterocycles. The molecule has 0 saturated carbocycles. The zero-order chi connectivity index (χ0) is 17.7. The van der Waals surface area contributed by atoms with E-state index in [9.17, 15) is 10.0 Å². The molecule has 0 fully saturated rings. The van der Waals surface area contributed by atoms with Crippen molar-refractivity contribution in [3.05, 3.63) is 76.6 Å². The number of hydrogen-bond acceptors (Lipinski definition) is 6. The van der Waals surface area contributed by atoms with Crippen molar-refractivity contribution >= 4 is 23.2 Å². The third kappa shape index (κ3) is 2.16. The van der Waals surface area contributed by atoms with Gasteiger partial charge in [-0.25, -0.2) is 19.5 Å². The zero-order valence-electron chi connectivity index (χ0n) is 13.4. The number of hydrogen-bond donors (Lipinski definition) is 2. The molecule has 0 aliphatic carbocycles. The molecule has 4 aromatic rings. The Kier molecular flexibility index (Phi) is 3.34. The number of aromatic amines is 1. The zero-order valence-corrected chi connectivity index (χ0v) is 14.2. The average Bonchev–Trinajstić information content (AvgIpc) is 3.25. The van der Waals surface area contributed by atoms with Crippen molar-refractivity contribution in [2.75, 3.05) is 5.06 Å². The smallest absolute Gasteiger partial charge is 0.287 e. The summed E-state index contributed by atoms with van der Waals surface area (Å²) in [4.78, 5) is 17.6. The highest BCUT2D eigenvalue weighted by Gasteiger charge is 2.36. The molecule has 1 unspecified atom stereocenters. The topological polar surface area (TPSA) is 86.5 Å². The SMILES string of the molecule is O=c1c2c(nc3[nH]nc(-c4ccccc4)n13)SC(c1ccccc1)N2O. The molecule has 8 heteroatoms. The second-order valence-corrected chi connectivity index (χ2v) is 6.94. The number of hydroxylamine groups is 1. The summed E-state index contributed by atoms with van der Waals surface area (Å²) in [5.74, 6) is 0.810. The van der Waals surface area contributed by atoms with Crippen LogP contribution in [0.5, 0.6) is 0 Å². The molecule has 1 aliphatic rings. The van der Waals surface area contributed by atoms with Gasteiger partial charge < -0.3 is 0 Å². The van der Waals surface area contributed by atoms with Gasteiger partial charge in [0, 0.05) is 5.56 Å². The van der Waals surface area contributed by atoms with Crippen LogP contribution in [0.2, 0.25) is 0 Å². The summed E-state index contributed by atoms with van der Waals surface area (Å²) in [6.07, 6.45) is 0. The van der Waals surface area contributed by atoms with Crippen molar-refractivity contribution in [3.63, 3.8) is 0 Å². The lowest BCUT2D eigenvalue weighted by Gasteiger charge is -2.18. The first-order valence-corrected chi connectivity index (χ1v) is 8.88. The van der Waals surface area contributed by atoms with Gasteiger partial charge in [0.2, 0.25) is 5.78 Å². The van der Waals surface area contributed by atoms with Crippen LogP contribution in [0.4, 0.5) is 5.69 Å². The lowest BCUT2D eigenvalue weighted by atomic mass is 10.2. The second kappa shape index (κ2) is 5.72. The predicted octanol–water partition coefficient (Wildman–Crippen LogP) is 3.08. The van der Waals surface area contributed by atoms with E-state index in [-0.39, 0.29) is 11.2 Å². The van der Waals surface area contributed by atoms with Gasteiger partial charge in [-0.3, -0.25) is 10.0 Å². The molecule has 2 N–H and O–H groups in total. The first kappa shape index (κ1) is 15.2. The van der Waals surface area contributed by atoms with Gasteiger partial charge in [-0.1, -0.05) is 72.4 Å². The molecule has 2 aromatic carbocycles. The molecular formula is C18H13N5O2S. The van der Waals surface area contributed by atoms with E-state index in [1.54, 1.807) is 0 Å². The summed E-state index contributed by atoms with van der Waals surface area (Å²) in [5.41, 5.74) is 1.50. The number of nitrogens with one attached hydrogen (secondary N) is 1. The fourth-order valence-electron chi connectivity index (χ4n) is 3.08. The quantitative estimate of drug-likeness (QED) is 0.532. The summed E-state index contributed by atoms with van der Waals surface area (Å²) >= 11 is 1.34. The van der Waals surface area contributed by atoms with E-state index in [0.717, 1.165) is 16.2 Å². The van der Waals surface area contributed by atoms with Gasteiger partial charge in [-0.15, -0.1) is 0 Å². The minimum atomic E-state index is -0.411. The molecule has 2 aromatic heterocycles. The lowest BCUT2D eigenvalue weighted by molar-refractivity contribution is 0.247. The molecular weight excluding hydrogens is 350 g/mol. The molecule has 0 saturated heterocycles. The molecule has 3 heterocycles. The van der Waals surface area contributed by atoms with Gasteiger partial charge in [0.1, 0.15) is 10.4 Å². The van der Waals surface area contributed by atoms with Crippen LogP contribution in [0, 0.1) is 0 Å². The molecule has 7 nitrogen and oxygen atoms in total. The fraction of sp³-hybridized carbons (Fsp3) is 0.0556. The highest BCUT2D eigenvalue weighted by atomic mass is 32.2. The number of nitrogens with zero attached hydrogens (tertiary/aromatic N) is 4. The van der Waals surface area contributed by atoms with E-state index >= 15 is 0 Å². The third-order valence-electron chi connectivity index (χ3n) is 4.29. The van der Waals surface area contributed by atoms with E-state index in [0.29, 0.717) is 16.6 Å². The summed E-state index contributed by atoms with van der Waals surface area (Å²) in [5, 5.41) is 18.8. The largest absolute Gasteiger partial charge is 0.288 e. The lowest BCUT2D eigenvalue weighted by Crippen LogP contribution is -2.27. The molecule has 128 valence electrons. The van der Waals surface area contributed by atoms with E-state index in [1.165, 1.54) is 16.2 Å². The van der Waals surface area contributed by atoms with E-state index in [2.05, 4.69) is 15.2 Å². The second-order valence-electron chi connectivity index (χ2n) is 5.87. The van der Waals surface area contributed by atoms with Crippen LogP contribution in [-0.4, -0.2) is 24.8 Å². The normalized spacial score (nSPS) is 16.2. The summed E-state index contributed by atoms with van der Waals surface area (Å²) in [6.45, 7) is 0. The number of aromatic nitrogens is 4. The number of anilines is 1. The highest BCUT2D eigenvalue weighted by molar-refractivity contribution is 8.00. The Morgan fingerprint density at radius 2 is 1.73 bits per heavy atom. The molecule has 5 rings (SSSR count). The van der Waals surface area contributed by atoms with Crippen LogP contribution < -0.4 is 10.6 Å². The Bertz CT molecular complexity index is 1160. The van der Waals surface area contributed by atoms with E-state index < -0.39 is 5.37 Å². The van der Waals surface area contributed by atoms with Crippen LogP contribution in [0.15, 0.2) is 70.5 Å². The number of benzene rings is 2. The van der Waals surface area contributed by atoms with Crippen molar-refractivity contribution in [2.45, 2.75) is 10.4 Å². The number of rotatable bonds is 2. The van der Waals surface area contributed by atoms with Crippen LogP contribution in [0.25, 0.3) is 17.2 Å². The maximum Gasteiger partial charge on any atom is 0.288 e. The maximum atomic E-state index is 13.1. The Balaban J connectivity index is 1.69. The van der Waals surface area contributed by atoms with Crippen LogP contribution in [0.3, 0.4) is 0 Å². The van der Waals surface area contributed by atoms with E-state index in [4.69, 9.17) is 0 Å². The van der Waals surface area contributed by atoms with Crippen LogP contribution in [-0.2, 0) is 0 Å². The Labute approximate surface area is 151 Å². The van der Waals surface area contributed by atoms with E-state index in [1.807, 2.05) is 60.7 Å². The fourth-order valence-corrected chi connectivity index (χ4v) is 4.22. The van der Waals surface area contributed by atoms with Gasteiger partial charge in [0.15, 0.2) is 11.5 Å². The summed E-state index contributed by atoms with van der Waals surface area (Å²) < 4.78 is 1.39. The summed E-state index contributed by atoms with van der Waals surface area (Å²) in [7, 11) is 0. The Hall–Kier alpha value is -3.10. The van der Waals surface area contributed by atoms with Gasteiger partial charge in [0.25, 0.3) is 5.56 Å². The van der Waals surface area contributed by atoms with Crippen molar-refractivity contribution in [1.82, 2.24) is 19.6 Å². The molecule has 1 atom stereocenters. The van der Waals surface area contributed by atoms with Gasteiger partial charge >= 0.3 is 0 Å².